The molecular formula is C15H16N2O2. The van der Waals surface area contributed by atoms with Crippen LogP contribution < -0.4 is 4.90 Å². The summed E-state index contributed by atoms with van der Waals surface area (Å²) in [5.74, 6) is 0.433. The van der Waals surface area contributed by atoms with Gasteiger partial charge in [-0.05, 0) is 31.2 Å². The van der Waals surface area contributed by atoms with Crippen molar-refractivity contribution in [2.24, 2.45) is 0 Å². The number of anilines is 2. The predicted molar refractivity (Wildman–Crippen MR) is 74.7 cm³/mol. The van der Waals surface area contributed by atoms with Gasteiger partial charge in [-0.15, -0.1) is 0 Å². The Hall–Kier alpha value is -2.36. The summed E-state index contributed by atoms with van der Waals surface area (Å²) in [7, 11) is 1.93. The van der Waals surface area contributed by atoms with Gasteiger partial charge >= 0.3 is 5.97 Å². The zero-order chi connectivity index (χ0) is 13.7. The van der Waals surface area contributed by atoms with Gasteiger partial charge < -0.3 is 9.64 Å². The molecule has 98 valence electrons. The minimum absolute atomic E-state index is 0.344. The van der Waals surface area contributed by atoms with Crippen molar-refractivity contribution in [2.75, 3.05) is 18.6 Å². The van der Waals surface area contributed by atoms with Crippen LogP contribution in [0.1, 0.15) is 17.3 Å². The van der Waals surface area contributed by atoms with Crippen molar-refractivity contribution in [2.45, 2.75) is 6.92 Å². The summed E-state index contributed by atoms with van der Waals surface area (Å²) in [6.07, 6.45) is 1.53. The highest BCUT2D eigenvalue weighted by atomic mass is 16.5. The number of hydrogen-bond donors (Lipinski definition) is 0. The van der Waals surface area contributed by atoms with Crippen LogP contribution in [0.5, 0.6) is 0 Å². The van der Waals surface area contributed by atoms with Gasteiger partial charge in [-0.2, -0.15) is 0 Å². The van der Waals surface area contributed by atoms with Crippen molar-refractivity contribution in [1.82, 2.24) is 4.98 Å². The van der Waals surface area contributed by atoms with Crippen molar-refractivity contribution >= 4 is 17.5 Å². The molecule has 0 unspecified atom stereocenters. The molecule has 0 N–H and O–H groups in total. The molecule has 19 heavy (non-hydrogen) atoms. The maximum atomic E-state index is 11.5. The molecule has 1 aromatic heterocycles. The Kier molecular flexibility index (Phi) is 4.13. The quantitative estimate of drug-likeness (QED) is 0.789. The van der Waals surface area contributed by atoms with Gasteiger partial charge in [-0.3, -0.25) is 0 Å². The van der Waals surface area contributed by atoms with Gasteiger partial charge in [0, 0.05) is 18.9 Å². The number of rotatable bonds is 4. The highest BCUT2D eigenvalue weighted by Crippen LogP contribution is 2.20. The van der Waals surface area contributed by atoms with Gasteiger partial charge in [-0.25, -0.2) is 9.78 Å². The topological polar surface area (TPSA) is 42.4 Å². The van der Waals surface area contributed by atoms with E-state index in [1.807, 2.05) is 42.3 Å². The zero-order valence-corrected chi connectivity index (χ0v) is 11.0. The lowest BCUT2D eigenvalue weighted by Gasteiger charge is -2.18. The highest BCUT2D eigenvalue weighted by molar-refractivity contribution is 5.89. The molecule has 1 heterocycles. The average Bonchev–Trinajstić information content (AvgIpc) is 2.48. The van der Waals surface area contributed by atoms with Gasteiger partial charge in [0.1, 0.15) is 5.82 Å². The number of benzene rings is 1. The first-order chi connectivity index (χ1) is 9.22. The van der Waals surface area contributed by atoms with E-state index in [-0.39, 0.29) is 5.97 Å². The van der Waals surface area contributed by atoms with Crippen LogP contribution >= 0.6 is 0 Å². The summed E-state index contributed by atoms with van der Waals surface area (Å²) in [4.78, 5) is 17.8. The number of para-hydroxylation sites is 1. The van der Waals surface area contributed by atoms with Crippen molar-refractivity contribution in [3.8, 4) is 0 Å². The second kappa shape index (κ2) is 6.00. The highest BCUT2D eigenvalue weighted by Gasteiger charge is 2.09. The Bertz CT molecular complexity index is 538. The molecule has 4 heteroatoms. The first-order valence-electron chi connectivity index (χ1n) is 6.14. The Labute approximate surface area is 112 Å². The summed E-state index contributed by atoms with van der Waals surface area (Å²) < 4.78 is 4.92. The van der Waals surface area contributed by atoms with Crippen molar-refractivity contribution in [3.63, 3.8) is 0 Å². The smallest absolute Gasteiger partial charge is 0.339 e. The molecule has 2 aromatic rings. The van der Waals surface area contributed by atoms with E-state index in [1.54, 1.807) is 19.1 Å². The molecule has 0 saturated carbocycles. The number of ether oxygens (including phenoxy) is 1. The second-order valence-corrected chi connectivity index (χ2v) is 4.02. The van der Waals surface area contributed by atoms with Crippen LogP contribution in [0.3, 0.4) is 0 Å². The number of pyridine rings is 1. The standard InChI is InChI=1S/C15H16N2O2/c1-3-19-15(18)12-9-10-14(16-11-12)17(2)13-7-5-4-6-8-13/h4-11H,3H2,1-2H3. The van der Waals surface area contributed by atoms with E-state index in [0.717, 1.165) is 11.5 Å². The van der Waals surface area contributed by atoms with Crippen molar-refractivity contribution in [3.05, 3.63) is 54.2 Å². The second-order valence-electron chi connectivity index (χ2n) is 4.02. The van der Waals surface area contributed by atoms with Crippen molar-refractivity contribution in [1.29, 1.82) is 0 Å². The third kappa shape index (κ3) is 3.10. The normalized spacial score (nSPS) is 10.0. The average molecular weight is 256 g/mol. The fourth-order valence-electron chi connectivity index (χ4n) is 1.70. The zero-order valence-electron chi connectivity index (χ0n) is 11.0. The SMILES string of the molecule is CCOC(=O)c1ccc(N(C)c2ccccc2)nc1. The Balaban J connectivity index is 2.16. The van der Waals surface area contributed by atoms with E-state index in [4.69, 9.17) is 4.74 Å². The molecule has 4 nitrogen and oxygen atoms in total. The van der Waals surface area contributed by atoms with E-state index in [9.17, 15) is 4.79 Å². The monoisotopic (exact) mass is 256 g/mol. The van der Waals surface area contributed by atoms with Crippen LogP contribution in [0, 0.1) is 0 Å². The molecule has 0 aliphatic rings. The molecule has 0 saturated heterocycles. The van der Waals surface area contributed by atoms with E-state index in [2.05, 4.69) is 4.98 Å². The summed E-state index contributed by atoms with van der Waals surface area (Å²) in [6.45, 7) is 2.15. The predicted octanol–water partition coefficient (Wildman–Crippen LogP) is 3.03. The Morgan fingerprint density at radius 3 is 2.53 bits per heavy atom. The first-order valence-corrected chi connectivity index (χ1v) is 6.14. The Morgan fingerprint density at radius 2 is 1.95 bits per heavy atom. The van der Waals surface area contributed by atoms with Gasteiger partial charge in [0.2, 0.25) is 0 Å². The fourth-order valence-corrected chi connectivity index (χ4v) is 1.70. The lowest BCUT2D eigenvalue weighted by molar-refractivity contribution is 0.0526. The maximum Gasteiger partial charge on any atom is 0.339 e. The third-order valence-electron chi connectivity index (χ3n) is 2.75. The molecule has 1 aromatic carbocycles. The molecule has 0 bridgehead atoms. The van der Waals surface area contributed by atoms with Crippen LogP contribution in [0.25, 0.3) is 0 Å². The summed E-state index contributed by atoms with van der Waals surface area (Å²) in [5, 5.41) is 0. The molecule has 0 aliphatic heterocycles. The number of hydrogen-bond acceptors (Lipinski definition) is 4. The lowest BCUT2D eigenvalue weighted by atomic mass is 10.2. The largest absolute Gasteiger partial charge is 0.462 e. The maximum absolute atomic E-state index is 11.5. The Morgan fingerprint density at radius 1 is 1.21 bits per heavy atom. The van der Waals surface area contributed by atoms with Crippen LogP contribution in [-0.4, -0.2) is 24.6 Å². The van der Waals surface area contributed by atoms with Crippen LogP contribution in [0.2, 0.25) is 0 Å². The third-order valence-corrected chi connectivity index (χ3v) is 2.75. The summed E-state index contributed by atoms with van der Waals surface area (Å²) in [5.41, 5.74) is 1.51. The number of nitrogens with zero attached hydrogens (tertiary/aromatic N) is 2. The van der Waals surface area contributed by atoms with E-state index < -0.39 is 0 Å². The fraction of sp³-hybridized carbons (Fsp3) is 0.200. The van der Waals surface area contributed by atoms with Gasteiger partial charge in [-0.1, -0.05) is 18.2 Å². The molecule has 0 amide bonds. The molecule has 0 aliphatic carbocycles. The molecule has 0 atom stereocenters. The minimum Gasteiger partial charge on any atom is -0.462 e. The molecular weight excluding hydrogens is 240 g/mol. The van der Waals surface area contributed by atoms with Gasteiger partial charge in [0.15, 0.2) is 0 Å². The van der Waals surface area contributed by atoms with Crippen LogP contribution in [-0.2, 0) is 4.74 Å². The first kappa shape index (κ1) is 13.1. The molecule has 0 spiro atoms. The lowest BCUT2D eigenvalue weighted by Crippen LogP contribution is -2.12. The number of aromatic nitrogens is 1. The number of carbonyl (C=O) groups excluding carboxylic acids is 1. The summed E-state index contributed by atoms with van der Waals surface area (Å²) >= 11 is 0. The summed E-state index contributed by atoms with van der Waals surface area (Å²) in [6, 6.07) is 13.4. The van der Waals surface area contributed by atoms with E-state index in [1.165, 1.54) is 6.20 Å². The molecule has 2 rings (SSSR count). The number of carbonyl (C=O) groups is 1. The molecule has 0 fully saturated rings. The molecule has 0 radical (unpaired) electrons. The van der Waals surface area contributed by atoms with Crippen LogP contribution in [0.15, 0.2) is 48.7 Å². The van der Waals surface area contributed by atoms with Crippen molar-refractivity contribution < 1.29 is 9.53 Å². The minimum atomic E-state index is -0.344. The van der Waals surface area contributed by atoms with Gasteiger partial charge in [0.25, 0.3) is 0 Å². The van der Waals surface area contributed by atoms with E-state index >= 15 is 0 Å². The van der Waals surface area contributed by atoms with E-state index in [0.29, 0.717) is 12.2 Å². The van der Waals surface area contributed by atoms with Crippen LogP contribution in [0.4, 0.5) is 11.5 Å². The number of esters is 1. The van der Waals surface area contributed by atoms with Gasteiger partial charge in [0.05, 0.1) is 12.2 Å².